The number of benzene rings is 1. The molecule has 0 aliphatic heterocycles. The van der Waals surface area contributed by atoms with Gasteiger partial charge in [-0.2, -0.15) is 0 Å². The van der Waals surface area contributed by atoms with Crippen LogP contribution in [0, 0.1) is 0 Å². The Hall–Kier alpha value is -2.08. The summed E-state index contributed by atoms with van der Waals surface area (Å²) in [5.41, 5.74) is 1.64. The summed E-state index contributed by atoms with van der Waals surface area (Å²) < 4.78 is 7.57. The number of aryl methyl sites for hydroxylation is 1. The van der Waals surface area contributed by atoms with Gasteiger partial charge >= 0.3 is 6.09 Å². The summed E-state index contributed by atoms with van der Waals surface area (Å²) >= 11 is 0. The molecule has 6 nitrogen and oxygen atoms in total. The lowest BCUT2D eigenvalue weighted by molar-refractivity contribution is 0.0193. The van der Waals surface area contributed by atoms with Crippen LogP contribution >= 0.6 is 0 Å². The summed E-state index contributed by atoms with van der Waals surface area (Å²) in [6.07, 6.45) is -0.271. The van der Waals surface area contributed by atoms with Crippen molar-refractivity contribution in [1.29, 1.82) is 0 Å². The van der Waals surface area contributed by atoms with Crippen LogP contribution in [0.4, 0.5) is 4.79 Å². The second kappa shape index (κ2) is 7.87. The van der Waals surface area contributed by atoms with Crippen LogP contribution in [-0.2, 0) is 18.3 Å². The standard InChI is InChI=1S/C19H30N4O2/c1-14(2)23(18(24)25-19(3,4)5)12-11-20-13-17-21-15-9-7-8-10-16(15)22(17)6/h7-10,14,20H,11-13H2,1-6H3. The Labute approximate surface area is 150 Å². The predicted octanol–water partition coefficient (Wildman–Crippen LogP) is 3.31. The molecule has 2 aromatic rings. The molecule has 0 aliphatic rings. The first-order valence-corrected chi connectivity index (χ1v) is 8.79. The van der Waals surface area contributed by atoms with E-state index in [4.69, 9.17) is 4.74 Å². The smallest absolute Gasteiger partial charge is 0.410 e. The van der Waals surface area contributed by atoms with Gasteiger partial charge in [-0.15, -0.1) is 0 Å². The molecule has 0 saturated carbocycles. The van der Waals surface area contributed by atoms with E-state index in [2.05, 4.69) is 20.9 Å². The molecule has 0 bridgehead atoms. The number of nitrogens with zero attached hydrogens (tertiary/aromatic N) is 3. The fraction of sp³-hybridized carbons (Fsp3) is 0.579. The Morgan fingerprint density at radius 2 is 2.00 bits per heavy atom. The molecule has 2 rings (SSSR count). The second-order valence-corrected chi connectivity index (χ2v) is 7.52. The van der Waals surface area contributed by atoms with E-state index in [1.54, 1.807) is 4.90 Å². The summed E-state index contributed by atoms with van der Waals surface area (Å²) in [4.78, 5) is 18.7. The van der Waals surface area contributed by atoms with Crippen LogP contribution in [0.15, 0.2) is 24.3 Å². The van der Waals surface area contributed by atoms with E-state index in [0.29, 0.717) is 19.6 Å². The van der Waals surface area contributed by atoms with Gasteiger partial charge in [-0.3, -0.25) is 0 Å². The lowest BCUT2D eigenvalue weighted by atomic mass is 10.2. The average molecular weight is 346 g/mol. The largest absolute Gasteiger partial charge is 0.444 e. The first kappa shape index (κ1) is 19.2. The number of carbonyl (C=O) groups is 1. The Bertz CT molecular complexity index is 716. The number of imidazole rings is 1. The molecule has 1 amide bonds. The number of rotatable bonds is 6. The monoisotopic (exact) mass is 346 g/mol. The normalized spacial score (nSPS) is 12.0. The van der Waals surface area contributed by atoms with E-state index in [-0.39, 0.29) is 12.1 Å². The number of aromatic nitrogens is 2. The van der Waals surface area contributed by atoms with E-state index in [1.165, 1.54) is 0 Å². The molecular weight excluding hydrogens is 316 g/mol. The number of amides is 1. The minimum atomic E-state index is -0.481. The third-order valence-electron chi connectivity index (χ3n) is 3.94. The SMILES string of the molecule is CC(C)N(CCNCc1nc2ccccc2n1C)C(=O)OC(C)(C)C. The molecule has 0 atom stereocenters. The molecule has 0 fully saturated rings. The van der Waals surface area contributed by atoms with E-state index < -0.39 is 5.60 Å². The Kier molecular flexibility index (Phi) is 6.06. The van der Waals surface area contributed by atoms with Crippen LogP contribution in [0.2, 0.25) is 0 Å². The number of hydrogen-bond acceptors (Lipinski definition) is 4. The van der Waals surface area contributed by atoms with Crippen molar-refractivity contribution in [3.63, 3.8) is 0 Å². The van der Waals surface area contributed by atoms with Gasteiger partial charge in [-0.25, -0.2) is 9.78 Å². The minimum absolute atomic E-state index is 0.0902. The quantitative estimate of drug-likeness (QED) is 0.815. The van der Waals surface area contributed by atoms with Gasteiger partial charge in [0.25, 0.3) is 0 Å². The predicted molar refractivity (Wildman–Crippen MR) is 100 cm³/mol. The van der Waals surface area contributed by atoms with Gasteiger partial charge in [-0.1, -0.05) is 12.1 Å². The van der Waals surface area contributed by atoms with Gasteiger partial charge in [0.05, 0.1) is 17.6 Å². The van der Waals surface area contributed by atoms with Crippen LogP contribution in [0.5, 0.6) is 0 Å². The molecule has 1 aromatic carbocycles. The molecule has 6 heteroatoms. The van der Waals surface area contributed by atoms with Crippen molar-refractivity contribution < 1.29 is 9.53 Å². The van der Waals surface area contributed by atoms with Crippen LogP contribution in [0.1, 0.15) is 40.4 Å². The maximum Gasteiger partial charge on any atom is 0.410 e. The highest BCUT2D eigenvalue weighted by atomic mass is 16.6. The van der Waals surface area contributed by atoms with Crippen molar-refractivity contribution in [1.82, 2.24) is 19.8 Å². The number of ether oxygens (including phenoxy) is 1. The van der Waals surface area contributed by atoms with Crippen molar-refractivity contribution in [3.05, 3.63) is 30.1 Å². The van der Waals surface area contributed by atoms with Gasteiger partial charge in [0.2, 0.25) is 0 Å². The number of hydrogen-bond donors (Lipinski definition) is 1. The maximum absolute atomic E-state index is 12.3. The number of fused-ring (bicyclic) bond motifs is 1. The van der Waals surface area contributed by atoms with Gasteiger partial charge in [0.1, 0.15) is 11.4 Å². The third-order valence-corrected chi connectivity index (χ3v) is 3.94. The van der Waals surface area contributed by atoms with E-state index >= 15 is 0 Å². The molecule has 1 aromatic heterocycles. The first-order valence-electron chi connectivity index (χ1n) is 8.79. The second-order valence-electron chi connectivity index (χ2n) is 7.52. The molecule has 0 radical (unpaired) electrons. The van der Waals surface area contributed by atoms with E-state index in [9.17, 15) is 4.79 Å². The minimum Gasteiger partial charge on any atom is -0.444 e. The van der Waals surface area contributed by atoms with Crippen molar-refractivity contribution in [2.45, 2.75) is 52.8 Å². The zero-order valence-electron chi connectivity index (χ0n) is 16.2. The van der Waals surface area contributed by atoms with Gasteiger partial charge in [0, 0.05) is 26.2 Å². The average Bonchev–Trinajstić information content (AvgIpc) is 2.82. The summed E-state index contributed by atoms with van der Waals surface area (Å²) in [5, 5.41) is 3.37. The maximum atomic E-state index is 12.3. The van der Waals surface area contributed by atoms with Gasteiger partial charge in [-0.05, 0) is 46.8 Å². The molecule has 0 aliphatic carbocycles. The summed E-state index contributed by atoms with van der Waals surface area (Å²) in [6, 6.07) is 8.18. The van der Waals surface area contributed by atoms with E-state index in [1.807, 2.05) is 59.9 Å². The van der Waals surface area contributed by atoms with E-state index in [0.717, 1.165) is 16.9 Å². The molecule has 0 unspecified atom stereocenters. The topological polar surface area (TPSA) is 59.4 Å². The fourth-order valence-corrected chi connectivity index (χ4v) is 2.63. The highest BCUT2D eigenvalue weighted by molar-refractivity contribution is 5.75. The van der Waals surface area contributed by atoms with Crippen molar-refractivity contribution in [3.8, 4) is 0 Å². The zero-order valence-corrected chi connectivity index (χ0v) is 16.2. The Morgan fingerprint density at radius 3 is 2.60 bits per heavy atom. The van der Waals surface area contributed by atoms with Crippen molar-refractivity contribution in [2.75, 3.05) is 13.1 Å². The summed E-state index contributed by atoms with van der Waals surface area (Å²) in [5.74, 6) is 0.981. The molecule has 138 valence electrons. The Morgan fingerprint density at radius 1 is 1.32 bits per heavy atom. The van der Waals surface area contributed by atoms with Crippen LogP contribution < -0.4 is 5.32 Å². The third kappa shape index (κ3) is 5.19. The molecule has 0 spiro atoms. The Balaban J connectivity index is 1.89. The fourth-order valence-electron chi connectivity index (χ4n) is 2.63. The molecular formula is C19H30N4O2. The van der Waals surface area contributed by atoms with Gasteiger partial charge < -0.3 is 19.5 Å². The van der Waals surface area contributed by atoms with Crippen molar-refractivity contribution >= 4 is 17.1 Å². The van der Waals surface area contributed by atoms with Crippen LogP contribution in [0.3, 0.4) is 0 Å². The van der Waals surface area contributed by atoms with Crippen molar-refractivity contribution in [2.24, 2.45) is 7.05 Å². The molecule has 1 N–H and O–H groups in total. The molecule has 25 heavy (non-hydrogen) atoms. The highest BCUT2D eigenvalue weighted by Crippen LogP contribution is 2.14. The lowest BCUT2D eigenvalue weighted by Gasteiger charge is -2.30. The van der Waals surface area contributed by atoms with Crippen LogP contribution in [-0.4, -0.2) is 45.3 Å². The number of nitrogens with one attached hydrogen (secondary N) is 1. The summed E-state index contributed by atoms with van der Waals surface area (Å²) in [6.45, 7) is 11.6. The molecule has 1 heterocycles. The summed E-state index contributed by atoms with van der Waals surface area (Å²) in [7, 11) is 2.02. The zero-order chi connectivity index (χ0) is 18.6. The molecule has 0 saturated heterocycles. The van der Waals surface area contributed by atoms with Gasteiger partial charge in [0.15, 0.2) is 0 Å². The lowest BCUT2D eigenvalue weighted by Crippen LogP contribution is -2.44. The number of para-hydroxylation sites is 2. The van der Waals surface area contributed by atoms with Crippen LogP contribution in [0.25, 0.3) is 11.0 Å². The number of carbonyl (C=O) groups excluding carboxylic acids is 1. The first-order chi connectivity index (χ1) is 11.7. The highest BCUT2D eigenvalue weighted by Gasteiger charge is 2.23.